The van der Waals surface area contributed by atoms with Crippen molar-refractivity contribution in [2.45, 2.75) is 462 Å². The molecule has 0 heterocycles. The molecule has 0 aliphatic carbocycles. The fourth-order valence-electron chi connectivity index (χ4n) is 9.67. The minimum absolute atomic E-state index is 0.0362. The van der Waals surface area contributed by atoms with Crippen LogP contribution in [0.2, 0.25) is 0 Å². The quantitative estimate of drug-likeness (QED) is 0.143. The highest BCUT2D eigenvalue weighted by Crippen LogP contribution is 2.59. The molecule has 0 aromatic carbocycles. The lowest BCUT2D eigenvalue weighted by molar-refractivity contribution is -0.263. The molecule has 0 spiro atoms. The average molecular weight is 1850 g/mol. The molecule has 0 rings (SSSR count). The minimum atomic E-state index is -4.16. The van der Waals surface area contributed by atoms with Gasteiger partial charge in [0.05, 0.1) is 45.3 Å². The van der Waals surface area contributed by atoms with Crippen molar-refractivity contribution in [3.8, 4) is 0 Å². The van der Waals surface area contributed by atoms with Crippen molar-refractivity contribution in [2.75, 3.05) is 0 Å². The van der Waals surface area contributed by atoms with Crippen molar-refractivity contribution in [1.82, 2.24) is 0 Å². The van der Waals surface area contributed by atoms with Crippen molar-refractivity contribution in [1.29, 1.82) is 0 Å². The number of hydrogen-bond acceptors (Lipinski definition) is 0. The highest BCUT2D eigenvalue weighted by molar-refractivity contribution is 4.98. The van der Waals surface area contributed by atoms with Gasteiger partial charge >= 0.3 is 55.6 Å². The van der Waals surface area contributed by atoms with Crippen LogP contribution in [-0.2, 0) is 0 Å². The highest BCUT2D eigenvalue weighted by Gasteiger charge is 2.61. The van der Waals surface area contributed by atoms with Crippen LogP contribution in [-0.4, -0.2) is 55.6 Å². The maximum Gasteiger partial charge on any atom is 0.394 e. The highest BCUT2D eigenvalue weighted by atomic mass is 19.4. The second kappa shape index (κ2) is 51.4. The lowest BCUT2D eigenvalue weighted by Crippen LogP contribution is -2.51. The van der Waals surface area contributed by atoms with Crippen molar-refractivity contribution >= 4 is 0 Å². The molecular formula is C96H187F27. The van der Waals surface area contributed by atoms with E-state index in [0.29, 0.717) is 35.5 Å². The first-order chi connectivity index (χ1) is 52.1. The first kappa shape index (κ1) is 144. The third-order valence-corrected chi connectivity index (χ3v) is 30.3. The van der Waals surface area contributed by atoms with E-state index in [4.69, 9.17) is 0 Å². The summed E-state index contributed by atoms with van der Waals surface area (Å²) in [4.78, 5) is 0. The van der Waals surface area contributed by atoms with Crippen LogP contribution in [0, 0.1) is 159 Å². The van der Waals surface area contributed by atoms with Crippen molar-refractivity contribution in [2.24, 2.45) is 159 Å². The molecule has 0 aliphatic rings. The summed E-state index contributed by atoms with van der Waals surface area (Å²) in [6.45, 7) is 96.8. The van der Waals surface area contributed by atoms with Crippen LogP contribution in [0.15, 0.2) is 0 Å². The van der Waals surface area contributed by atoms with Gasteiger partial charge in [-0.1, -0.05) is 400 Å². The molecule has 0 radical (unpaired) electrons. The molecule has 0 nitrogen and oxygen atoms in total. The van der Waals surface area contributed by atoms with E-state index in [-0.39, 0.29) is 46.3 Å². The second-order valence-electron chi connectivity index (χ2n) is 46.7. The van der Waals surface area contributed by atoms with Gasteiger partial charge in [-0.3, -0.25) is 0 Å². The predicted octanol–water partition coefficient (Wildman–Crippen LogP) is 41.0. The Kier molecular flexibility index (Phi) is 60.2. The second-order valence-corrected chi connectivity index (χ2v) is 46.7. The summed E-state index contributed by atoms with van der Waals surface area (Å²) >= 11 is 0. The van der Waals surface area contributed by atoms with Gasteiger partial charge in [-0.25, -0.2) is 0 Å². The van der Waals surface area contributed by atoms with Gasteiger partial charge in [0.2, 0.25) is 0 Å². The molecule has 4 unspecified atom stereocenters. The Morgan fingerprint density at radius 2 is 0.463 bits per heavy atom. The van der Waals surface area contributed by atoms with Crippen LogP contribution in [0.5, 0.6) is 0 Å². The van der Waals surface area contributed by atoms with E-state index in [1.54, 1.807) is 125 Å². The summed E-state index contributed by atoms with van der Waals surface area (Å²) in [5.41, 5.74) is -9.46. The smallest absolute Gasteiger partial charge is 0.171 e. The predicted molar refractivity (Wildman–Crippen MR) is 468 cm³/mol. The van der Waals surface area contributed by atoms with Crippen molar-refractivity contribution in [3.05, 3.63) is 0 Å². The van der Waals surface area contributed by atoms with Gasteiger partial charge in [-0.2, -0.15) is 119 Å². The Morgan fingerprint density at radius 3 is 0.512 bits per heavy atom. The van der Waals surface area contributed by atoms with Gasteiger partial charge in [-0.05, 0) is 113 Å². The fourth-order valence-corrected chi connectivity index (χ4v) is 9.67. The fraction of sp³-hybridized carbons (Fsp3) is 1.00. The van der Waals surface area contributed by atoms with Gasteiger partial charge < -0.3 is 0 Å². The van der Waals surface area contributed by atoms with E-state index < -0.39 is 140 Å². The van der Waals surface area contributed by atoms with Crippen LogP contribution in [0.4, 0.5) is 119 Å². The maximum absolute atomic E-state index is 12.9. The van der Waals surface area contributed by atoms with E-state index >= 15 is 0 Å². The molecule has 27 heteroatoms. The van der Waals surface area contributed by atoms with Crippen molar-refractivity contribution < 1.29 is 119 Å². The third-order valence-electron chi connectivity index (χ3n) is 30.3. The molecule has 0 fully saturated rings. The maximum atomic E-state index is 12.9. The Hall–Kier alpha value is -1.89. The van der Waals surface area contributed by atoms with E-state index in [1.807, 2.05) is 83.1 Å². The van der Waals surface area contributed by atoms with E-state index in [2.05, 4.69) is 90.0 Å². The average Bonchev–Trinajstić information content (AvgIpc) is 0.748. The third kappa shape index (κ3) is 53.4. The van der Waals surface area contributed by atoms with Gasteiger partial charge in [-0.15, -0.1) is 0 Å². The Bertz CT molecular complexity index is 2550. The molecule has 0 aromatic heterocycles. The van der Waals surface area contributed by atoms with Gasteiger partial charge in [0, 0.05) is 6.42 Å². The van der Waals surface area contributed by atoms with Crippen molar-refractivity contribution in [3.63, 3.8) is 0 Å². The molecular weight excluding hydrogens is 1670 g/mol. The molecule has 123 heavy (non-hydrogen) atoms. The normalized spacial score (nSPS) is 16.4. The van der Waals surface area contributed by atoms with Crippen LogP contribution in [0.3, 0.4) is 0 Å². The SMILES string of the molecule is CC(C)(C)C(C)(C)C(C)(C)C(F)(F)F.CC(C)(C)C(C)(C)C(F)(F)F.CC(C)(C)C(C)(C)C(F)(F)F.CC(C)C(C)(C)C(C)(C)C.CC(C)C(C)(C)C(C)C(F)(F)F.CC(C)[C@@H](C)C(C)(C)C.CC(C)[C@@H](C)C(C)C(F)(F)F.CC(C)[C@@H](C)C(C)C(F)(F)F.CCC(C)(CC)CC(F)(F)F.CCC(C)[C@@H](C)C(F)(F)F.C[C@H](C(C)(C)C)C(C)(C)C(F)(F)F. The largest absolute Gasteiger partial charge is 0.394 e. The zero-order chi connectivity index (χ0) is 104. The summed E-state index contributed by atoms with van der Waals surface area (Å²) in [7, 11) is 0. The lowest BCUT2D eigenvalue weighted by Gasteiger charge is -2.51. The van der Waals surface area contributed by atoms with Gasteiger partial charge in [0.1, 0.15) is 0 Å². The Morgan fingerprint density at radius 1 is 0.220 bits per heavy atom. The first-order valence-electron chi connectivity index (χ1n) is 43.7. The van der Waals surface area contributed by atoms with Crippen LogP contribution in [0.1, 0.15) is 406 Å². The number of alkyl halides is 27. The topological polar surface area (TPSA) is 0 Å². The Labute approximate surface area is 736 Å². The van der Waals surface area contributed by atoms with Gasteiger partial charge in [0.25, 0.3) is 0 Å². The van der Waals surface area contributed by atoms with E-state index in [9.17, 15) is 119 Å². The molecule has 0 N–H and O–H groups in total. The minimum Gasteiger partial charge on any atom is -0.171 e. The molecule has 0 aromatic rings. The molecule has 0 saturated carbocycles. The molecule has 9 atom stereocenters. The van der Waals surface area contributed by atoms with E-state index in [0.717, 1.165) is 17.8 Å². The molecule has 0 aliphatic heterocycles. The monoisotopic (exact) mass is 1850 g/mol. The lowest BCUT2D eigenvalue weighted by atomic mass is 9.55. The summed E-state index contributed by atoms with van der Waals surface area (Å²) < 4.78 is 331. The zero-order valence-electron chi connectivity index (χ0n) is 87.6. The molecule has 0 amide bonds. The molecule has 760 valence electrons. The number of halogens is 27. The standard InChI is InChI=1S/C11H21F3.C10H19F3.C10H22.C9H17F3.C9H20.5C8H15F3.C7H13F3/c1-8(2,3)9(4,5)10(6,7)11(12,13)14;1-7(8(2,3)4)9(5,6)10(11,12)13;1-8(2)10(6,7)9(3,4)5;1-6(2)8(4,5)7(3)9(10,11)12;1-7(2)8(3)9(4,5)6;2*1-6(2,3)7(4,5)8(9,10)11;2*1-5(2)6(3)7(4)8(9,10)11;1-4-7(3,5-2)6-8(9,10)11;1-4-5(2)6(3)7(8,9)10/h1-7H3;7H,1-6H3;8H,1-7H3;6-7H,1-5H3;7-8H,1-6H3;2*1-5H3;2*5-7H,1-4H3;4-6H2,1-3H3;5-6H,4H2,1-3H3/t;7-;;;8-;;;2*6-,7?;;5?,6-/m.1..1..11.1/s1. The molecule has 0 saturated heterocycles. The summed E-state index contributed by atoms with van der Waals surface area (Å²) in [5.74, 6) is -3.46. The summed E-state index contributed by atoms with van der Waals surface area (Å²) in [5, 5.41) is 0. The molecule has 0 bridgehead atoms. The van der Waals surface area contributed by atoms with E-state index in [1.165, 1.54) is 83.1 Å². The van der Waals surface area contributed by atoms with Crippen LogP contribution >= 0.6 is 0 Å². The number of hydrogen-bond donors (Lipinski definition) is 0. The van der Waals surface area contributed by atoms with Crippen LogP contribution < -0.4 is 0 Å². The summed E-state index contributed by atoms with van der Waals surface area (Å²) in [6.07, 6.45) is -35.6. The van der Waals surface area contributed by atoms with Crippen LogP contribution in [0.25, 0.3) is 0 Å². The zero-order valence-corrected chi connectivity index (χ0v) is 87.6. The van der Waals surface area contributed by atoms with Gasteiger partial charge in [0.15, 0.2) is 0 Å². The Balaban J connectivity index is -0.000000125. The summed E-state index contributed by atoms with van der Waals surface area (Å²) in [6, 6.07) is 0. The number of rotatable bonds is 15. The first-order valence-corrected chi connectivity index (χ1v) is 43.7.